The number of aromatic nitrogens is 1. The molecule has 0 fully saturated rings. The normalized spacial score (nSPS) is 13.6. The topological polar surface area (TPSA) is 69.4 Å². The zero-order chi connectivity index (χ0) is 14.6. The zero-order valence-electron chi connectivity index (χ0n) is 11.0. The van der Waals surface area contributed by atoms with Crippen LogP contribution in [-0.2, 0) is 4.74 Å². The second-order valence-corrected chi connectivity index (χ2v) is 4.95. The van der Waals surface area contributed by atoms with E-state index < -0.39 is 11.9 Å². The molecule has 0 atom stereocenters. The number of cyclic esters (lactones) is 2. The molecule has 0 amide bonds. The number of carbonyl (C=O) groups is 2. The first kappa shape index (κ1) is 11.8. The Morgan fingerprint density at radius 2 is 1.86 bits per heavy atom. The van der Waals surface area contributed by atoms with Gasteiger partial charge in [0.2, 0.25) is 0 Å². The molecule has 102 valence electrons. The first-order valence-electron chi connectivity index (χ1n) is 6.40. The molecule has 1 aliphatic heterocycles. The smallest absolute Gasteiger partial charge is 0.346 e. The maximum atomic E-state index is 12.0. The third-order valence-electron chi connectivity index (χ3n) is 3.62. The molecule has 3 aromatic rings. The molecule has 5 nitrogen and oxygen atoms in total. The van der Waals surface area contributed by atoms with Crippen LogP contribution in [-0.4, -0.2) is 17.1 Å². The quantitative estimate of drug-likeness (QED) is 0.505. The van der Waals surface area contributed by atoms with Crippen molar-refractivity contribution in [2.75, 3.05) is 0 Å². The van der Waals surface area contributed by atoms with E-state index in [2.05, 4.69) is 5.16 Å². The lowest BCUT2D eigenvalue weighted by Gasteiger charge is -2.16. The average molecular weight is 279 g/mol. The van der Waals surface area contributed by atoms with E-state index in [1.54, 1.807) is 24.5 Å². The van der Waals surface area contributed by atoms with Crippen molar-refractivity contribution in [1.82, 2.24) is 5.16 Å². The number of nitrogens with zero attached hydrogens (tertiary/aromatic N) is 1. The molecule has 2 aromatic carbocycles. The number of benzene rings is 2. The number of aryl methyl sites for hydroxylation is 1. The van der Waals surface area contributed by atoms with Crippen LogP contribution in [0.15, 0.2) is 41.1 Å². The fourth-order valence-electron chi connectivity index (χ4n) is 2.66. The summed E-state index contributed by atoms with van der Waals surface area (Å²) in [6.45, 7) is 1.87. The minimum Gasteiger partial charge on any atom is -0.386 e. The van der Waals surface area contributed by atoms with Crippen LogP contribution < -0.4 is 0 Å². The number of esters is 2. The molecular formula is C16H9NO4. The summed E-state index contributed by atoms with van der Waals surface area (Å²) >= 11 is 0. The van der Waals surface area contributed by atoms with E-state index in [4.69, 9.17) is 9.26 Å². The van der Waals surface area contributed by atoms with E-state index in [9.17, 15) is 9.59 Å². The van der Waals surface area contributed by atoms with Crippen LogP contribution >= 0.6 is 0 Å². The van der Waals surface area contributed by atoms with Gasteiger partial charge in [0.25, 0.3) is 0 Å². The van der Waals surface area contributed by atoms with Crippen molar-refractivity contribution in [3.05, 3.63) is 53.3 Å². The van der Waals surface area contributed by atoms with Crippen molar-refractivity contribution in [2.45, 2.75) is 6.92 Å². The van der Waals surface area contributed by atoms with Gasteiger partial charge in [0.1, 0.15) is 12.0 Å². The van der Waals surface area contributed by atoms with Crippen molar-refractivity contribution in [1.29, 1.82) is 0 Å². The molecule has 0 saturated heterocycles. The summed E-state index contributed by atoms with van der Waals surface area (Å²) in [5.41, 5.74) is 3.08. The number of ether oxygens (including phenoxy) is 1. The Hall–Kier alpha value is -2.95. The Balaban J connectivity index is 2.10. The third-order valence-corrected chi connectivity index (χ3v) is 3.62. The van der Waals surface area contributed by atoms with Crippen molar-refractivity contribution in [3.63, 3.8) is 0 Å². The highest BCUT2D eigenvalue weighted by Crippen LogP contribution is 2.33. The van der Waals surface area contributed by atoms with Gasteiger partial charge in [-0.25, -0.2) is 9.59 Å². The molecule has 0 saturated carbocycles. The van der Waals surface area contributed by atoms with Gasteiger partial charge in [-0.2, -0.15) is 0 Å². The predicted octanol–water partition coefficient (Wildman–Crippen LogP) is 3.11. The molecule has 4 rings (SSSR count). The Kier molecular flexibility index (Phi) is 2.27. The van der Waals surface area contributed by atoms with Gasteiger partial charge in [0.15, 0.2) is 0 Å². The van der Waals surface area contributed by atoms with Gasteiger partial charge in [0, 0.05) is 16.5 Å². The molecule has 0 bridgehead atoms. The fourth-order valence-corrected chi connectivity index (χ4v) is 2.66. The van der Waals surface area contributed by atoms with Crippen LogP contribution in [0.3, 0.4) is 0 Å². The van der Waals surface area contributed by atoms with Crippen molar-refractivity contribution in [2.24, 2.45) is 0 Å². The largest absolute Gasteiger partial charge is 0.386 e. The molecule has 0 N–H and O–H groups in total. The second kappa shape index (κ2) is 4.02. The van der Waals surface area contributed by atoms with Crippen LogP contribution in [0, 0.1) is 6.92 Å². The Labute approximate surface area is 119 Å². The SMILES string of the molecule is Cc1conc1-c1cc2c3c(cccc3c1)C(=O)OC2=O. The standard InChI is InChI=1S/C16H9NO4/c1-8-7-20-17-14(8)10-5-9-3-2-4-11-13(9)12(6-10)16(19)21-15(11)18/h2-7H,1H3. The Bertz CT molecular complexity index is 923. The predicted molar refractivity (Wildman–Crippen MR) is 73.9 cm³/mol. The number of carbonyl (C=O) groups excluding carboxylic acids is 2. The summed E-state index contributed by atoms with van der Waals surface area (Å²) in [7, 11) is 0. The van der Waals surface area contributed by atoms with Gasteiger partial charge in [-0.1, -0.05) is 17.3 Å². The highest BCUT2D eigenvalue weighted by atomic mass is 16.6. The lowest BCUT2D eigenvalue weighted by atomic mass is 9.93. The monoisotopic (exact) mass is 279 g/mol. The number of rotatable bonds is 1. The lowest BCUT2D eigenvalue weighted by Crippen LogP contribution is -2.19. The third kappa shape index (κ3) is 1.61. The van der Waals surface area contributed by atoms with Crippen LogP contribution in [0.1, 0.15) is 26.3 Å². The van der Waals surface area contributed by atoms with Gasteiger partial charge < -0.3 is 9.26 Å². The van der Waals surface area contributed by atoms with E-state index in [0.29, 0.717) is 22.2 Å². The van der Waals surface area contributed by atoms with Crippen LogP contribution in [0.25, 0.3) is 22.0 Å². The number of hydrogen-bond acceptors (Lipinski definition) is 5. The van der Waals surface area contributed by atoms with Gasteiger partial charge >= 0.3 is 11.9 Å². The Morgan fingerprint density at radius 1 is 1.05 bits per heavy atom. The molecule has 5 heteroatoms. The van der Waals surface area contributed by atoms with Crippen molar-refractivity contribution in [3.8, 4) is 11.3 Å². The minimum absolute atomic E-state index is 0.375. The maximum absolute atomic E-state index is 12.0. The van der Waals surface area contributed by atoms with Crippen molar-refractivity contribution < 1.29 is 18.8 Å². The number of hydrogen-bond donors (Lipinski definition) is 0. The van der Waals surface area contributed by atoms with E-state index in [1.165, 1.54) is 0 Å². The summed E-state index contributed by atoms with van der Waals surface area (Å²) in [6, 6.07) is 8.84. The zero-order valence-corrected chi connectivity index (χ0v) is 11.0. The van der Waals surface area contributed by atoms with Gasteiger partial charge in [-0.3, -0.25) is 0 Å². The van der Waals surface area contributed by atoms with Crippen LogP contribution in [0.4, 0.5) is 0 Å². The highest BCUT2D eigenvalue weighted by molar-refractivity contribution is 6.21. The molecule has 1 aliphatic rings. The molecule has 21 heavy (non-hydrogen) atoms. The molecule has 0 spiro atoms. The summed E-state index contributed by atoms with van der Waals surface area (Å²) < 4.78 is 9.73. The van der Waals surface area contributed by atoms with E-state index in [1.807, 2.05) is 19.1 Å². The molecule has 0 radical (unpaired) electrons. The fraction of sp³-hybridized carbons (Fsp3) is 0.0625. The first-order valence-corrected chi connectivity index (χ1v) is 6.40. The first-order chi connectivity index (χ1) is 10.1. The summed E-state index contributed by atoms with van der Waals surface area (Å²) in [5.74, 6) is -1.24. The van der Waals surface area contributed by atoms with Crippen LogP contribution in [0.5, 0.6) is 0 Å². The van der Waals surface area contributed by atoms with E-state index in [-0.39, 0.29) is 0 Å². The molecular weight excluding hydrogens is 270 g/mol. The van der Waals surface area contributed by atoms with Gasteiger partial charge in [0.05, 0.1) is 11.1 Å². The molecule has 2 heterocycles. The van der Waals surface area contributed by atoms with Crippen LogP contribution in [0.2, 0.25) is 0 Å². The van der Waals surface area contributed by atoms with Gasteiger partial charge in [-0.05, 0) is 30.5 Å². The second-order valence-electron chi connectivity index (χ2n) is 4.95. The summed E-state index contributed by atoms with van der Waals surface area (Å²) in [5, 5.41) is 5.38. The average Bonchev–Trinajstić information content (AvgIpc) is 2.90. The van der Waals surface area contributed by atoms with E-state index >= 15 is 0 Å². The van der Waals surface area contributed by atoms with Crippen molar-refractivity contribution >= 4 is 22.7 Å². The molecule has 0 aliphatic carbocycles. The maximum Gasteiger partial charge on any atom is 0.346 e. The summed E-state index contributed by atoms with van der Waals surface area (Å²) in [6.07, 6.45) is 1.54. The molecule has 0 unspecified atom stereocenters. The highest BCUT2D eigenvalue weighted by Gasteiger charge is 2.28. The van der Waals surface area contributed by atoms with E-state index in [0.717, 1.165) is 16.5 Å². The van der Waals surface area contributed by atoms with Gasteiger partial charge in [-0.15, -0.1) is 0 Å². The molecule has 1 aromatic heterocycles. The summed E-state index contributed by atoms with van der Waals surface area (Å²) in [4.78, 5) is 23.8. The minimum atomic E-state index is -0.633. The lowest BCUT2D eigenvalue weighted by molar-refractivity contribution is 0.0391. The Morgan fingerprint density at radius 3 is 2.62 bits per heavy atom.